The summed E-state index contributed by atoms with van der Waals surface area (Å²) in [6, 6.07) is 18.9. The highest BCUT2D eigenvalue weighted by Crippen LogP contribution is 2.47. The Morgan fingerprint density at radius 2 is 1.44 bits per heavy atom. The third-order valence-corrected chi connectivity index (χ3v) is 7.78. The van der Waals surface area contributed by atoms with Crippen molar-refractivity contribution in [1.82, 2.24) is 0 Å². The molecule has 0 radical (unpaired) electrons. The highest BCUT2D eigenvalue weighted by molar-refractivity contribution is 5.68. The Morgan fingerprint density at radius 1 is 0.750 bits per heavy atom. The number of hydrogen-bond acceptors (Lipinski definition) is 4. The van der Waals surface area contributed by atoms with Gasteiger partial charge in [-0.05, 0) is 72.5 Å². The zero-order chi connectivity index (χ0) is 34.3. The molecular formula is C44H46O4. The van der Waals surface area contributed by atoms with Gasteiger partial charge in [-0.15, -0.1) is 0 Å². The van der Waals surface area contributed by atoms with Gasteiger partial charge in [-0.25, -0.2) is 0 Å². The fourth-order valence-corrected chi connectivity index (χ4v) is 5.75. The van der Waals surface area contributed by atoms with Crippen molar-refractivity contribution in [3.8, 4) is 28.4 Å². The van der Waals surface area contributed by atoms with Crippen LogP contribution in [-0.4, -0.2) is 26.4 Å². The van der Waals surface area contributed by atoms with Crippen LogP contribution in [-0.2, 0) is 4.74 Å². The average Bonchev–Trinajstić information content (AvgIpc) is 3.56. The maximum Gasteiger partial charge on any atom is 0.126 e. The summed E-state index contributed by atoms with van der Waals surface area (Å²) in [5.41, 5.74) is 7.61. The van der Waals surface area contributed by atoms with E-state index in [-0.39, 0.29) is 11.8 Å². The van der Waals surface area contributed by atoms with E-state index in [1.807, 2.05) is 24.3 Å². The highest BCUT2D eigenvalue weighted by atomic mass is 16.5. The van der Waals surface area contributed by atoms with E-state index >= 15 is 0 Å². The van der Waals surface area contributed by atoms with E-state index < -0.39 is 0 Å². The Balaban J connectivity index is 1.87. The zero-order valence-electron chi connectivity index (χ0n) is 28.2. The molecule has 1 aliphatic carbocycles. The Hall–Kier alpha value is -5.48. The molecule has 48 heavy (non-hydrogen) atoms. The predicted octanol–water partition coefficient (Wildman–Crippen LogP) is 10.7. The van der Waals surface area contributed by atoms with Gasteiger partial charge >= 0.3 is 0 Å². The summed E-state index contributed by atoms with van der Waals surface area (Å²) in [4.78, 5) is 0. The van der Waals surface area contributed by atoms with Crippen LogP contribution in [0.4, 0.5) is 0 Å². The number of allylic oxidation sites excluding steroid dienone is 8. The SMILES string of the molecule is C=CCO/C(C=C)=C/C=C/C1=CC(C(c2cc(-c3ccc(OCC=C)cc3)ccc2OCC=C)c2cc(C)cc(C)c2OCC=C)C=C1. The van der Waals surface area contributed by atoms with Crippen LogP contribution in [0.15, 0.2) is 166 Å². The van der Waals surface area contributed by atoms with E-state index in [2.05, 4.69) is 114 Å². The van der Waals surface area contributed by atoms with Crippen LogP contribution in [0.5, 0.6) is 17.2 Å². The van der Waals surface area contributed by atoms with Gasteiger partial charge in [0.05, 0.1) is 0 Å². The largest absolute Gasteiger partial charge is 0.490 e. The first-order valence-electron chi connectivity index (χ1n) is 16.1. The molecule has 1 aliphatic rings. The number of benzene rings is 3. The molecule has 0 heterocycles. The Labute approximate surface area is 286 Å². The topological polar surface area (TPSA) is 36.9 Å². The second-order valence-corrected chi connectivity index (χ2v) is 11.4. The molecule has 3 aromatic carbocycles. The van der Waals surface area contributed by atoms with Gasteiger partial charge in [-0.2, -0.15) is 0 Å². The summed E-state index contributed by atoms with van der Waals surface area (Å²) in [7, 11) is 0. The van der Waals surface area contributed by atoms with E-state index in [0.717, 1.165) is 56.2 Å². The number of aryl methyl sites for hydroxylation is 2. The quantitative estimate of drug-likeness (QED) is 0.0744. The molecule has 0 spiro atoms. The molecule has 0 N–H and O–H groups in total. The molecule has 2 atom stereocenters. The summed E-state index contributed by atoms with van der Waals surface area (Å²) in [6.45, 7) is 25.0. The monoisotopic (exact) mass is 638 g/mol. The predicted molar refractivity (Wildman–Crippen MR) is 201 cm³/mol. The van der Waals surface area contributed by atoms with Crippen LogP contribution >= 0.6 is 0 Å². The van der Waals surface area contributed by atoms with E-state index in [4.69, 9.17) is 18.9 Å². The van der Waals surface area contributed by atoms with Crippen molar-refractivity contribution in [1.29, 1.82) is 0 Å². The minimum Gasteiger partial charge on any atom is -0.490 e. The van der Waals surface area contributed by atoms with Gasteiger partial charge in [-0.1, -0.05) is 123 Å². The smallest absolute Gasteiger partial charge is 0.126 e. The lowest BCUT2D eigenvalue weighted by Crippen LogP contribution is -2.15. The fourth-order valence-electron chi connectivity index (χ4n) is 5.75. The maximum atomic E-state index is 6.39. The van der Waals surface area contributed by atoms with Gasteiger partial charge in [0.2, 0.25) is 0 Å². The zero-order valence-corrected chi connectivity index (χ0v) is 28.2. The third-order valence-electron chi connectivity index (χ3n) is 7.78. The molecular weight excluding hydrogens is 592 g/mol. The van der Waals surface area contributed by atoms with Crippen molar-refractivity contribution >= 4 is 0 Å². The van der Waals surface area contributed by atoms with Gasteiger partial charge < -0.3 is 18.9 Å². The fraction of sp³-hybridized carbons (Fsp3) is 0.182. The van der Waals surface area contributed by atoms with Crippen molar-refractivity contribution in [2.75, 3.05) is 26.4 Å². The summed E-state index contributed by atoms with van der Waals surface area (Å²) in [6.07, 6.45) is 21.3. The lowest BCUT2D eigenvalue weighted by Gasteiger charge is -2.28. The van der Waals surface area contributed by atoms with E-state index in [1.165, 1.54) is 0 Å². The van der Waals surface area contributed by atoms with Crippen molar-refractivity contribution in [3.05, 3.63) is 188 Å². The van der Waals surface area contributed by atoms with E-state index in [1.54, 1.807) is 30.4 Å². The molecule has 4 heteroatoms. The molecule has 246 valence electrons. The molecule has 0 aromatic heterocycles. The van der Waals surface area contributed by atoms with Crippen LogP contribution in [0, 0.1) is 19.8 Å². The van der Waals surface area contributed by atoms with Gasteiger partial charge in [0.1, 0.15) is 49.4 Å². The minimum atomic E-state index is -0.129. The van der Waals surface area contributed by atoms with Gasteiger partial charge in [0.15, 0.2) is 0 Å². The first-order valence-corrected chi connectivity index (χ1v) is 16.1. The van der Waals surface area contributed by atoms with Crippen molar-refractivity contribution in [2.45, 2.75) is 19.8 Å². The average molecular weight is 639 g/mol. The van der Waals surface area contributed by atoms with Crippen molar-refractivity contribution in [2.24, 2.45) is 5.92 Å². The van der Waals surface area contributed by atoms with Crippen LogP contribution in [0.3, 0.4) is 0 Å². The van der Waals surface area contributed by atoms with Crippen LogP contribution < -0.4 is 14.2 Å². The van der Waals surface area contributed by atoms with Crippen LogP contribution in [0.1, 0.15) is 28.2 Å². The molecule has 2 unspecified atom stereocenters. The van der Waals surface area contributed by atoms with Gasteiger partial charge in [-0.3, -0.25) is 0 Å². The summed E-state index contributed by atoms with van der Waals surface area (Å²) in [5, 5.41) is 0. The van der Waals surface area contributed by atoms with Crippen molar-refractivity contribution < 1.29 is 18.9 Å². The maximum absolute atomic E-state index is 6.39. The molecule has 4 nitrogen and oxygen atoms in total. The van der Waals surface area contributed by atoms with Gasteiger partial charge in [0, 0.05) is 23.0 Å². The molecule has 0 aliphatic heterocycles. The Morgan fingerprint density at radius 3 is 2.15 bits per heavy atom. The first-order chi connectivity index (χ1) is 23.4. The lowest BCUT2D eigenvalue weighted by molar-refractivity contribution is 0.262. The van der Waals surface area contributed by atoms with Crippen LogP contribution in [0.25, 0.3) is 11.1 Å². The lowest BCUT2D eigenvalue weighted by atomic mass is 9.78. The molecule has 0 saturated carbocycles. The molecule has 4 rings (SSSR count). The highest BCUT2D eigenvalue weighted by Gasteiger charge is 2.31. The minimum absolute atomic E-state index is 0.00723. The second-order valence-electron chi connectivity index (χ2n) is 11.4. The Bertz CT molecular complexity index is 1730. The molecule has 3 aromatic rings. The number of rotatable bonds is 19. The molecule has 0 bridgehead atoms. The standard InChI is InChI=1S/C44H46O4/c1-8-24-45-38(12-5)15-13-14-34-16-17-37(30-34)43(41-29-32(6)28-33(7)44(41)48-27-11-4)40-31-36(20-23-42(40)47-26-10-3)35-18-21-39(22-19-35)46-25-9-2/h8-23,28-31,37,43H,1-5,24-27H2,6-7H3/b14-13+,38-15+. The summed E-state index contributed by atoms with van der Waals surface area (Å²) in [5.74, 6) is 3.02. The second kappa shape index (κ2) is 18.0. The van der Waals surface area contributed by atoms with E-state index in [9.17, 15) is 0 Å². The van der Waals surface area contributed by atoms with E-state index in [0.29, 0.717) is 32.2 Å². The third kappa shape index (κ3) is 9.29. The normalized spacial score (nSPS) is 14.6. The molecule has 0 saturated heterocycles. The first kappa shape index (κ1) is 35.4. The van der Waals surface area contributed by atoms with Crippen LogP contribution in [0.2, 0.25) is 0 Å². The van der Waals surface area contributed by atoms with Gasteiger partial charge in [0.25, 0.3) is 0 Å². The Kier molecular flexibility index (Phi) is 13.3. The number of hydrogen-bond donors (Lipinski definition) is 0. The summed E-state index contributed by atoms with van der Waals surface area (Å²) < 4.78 is 24.1. The number of ether oxygens (including phenoxy) is 4. The van der Waals surface area contributed by atoms with Crippen molar-refractivity contribution in [3.63, 3.8) is 0 Å². The molecule has 0 amide bonds. The summed E-state index contributed by atoms with van der Waals surface area (Å²) >= 11 is 0. The molecule has 0 fully saturated rings.